The molecule has 1 aliphatic heterocycles. The molecule has 0 spiro atoms. The molecule has 8 heteroatoms. The van der Waals surface area contributed by atoms with E-state index in [4.69, 9.17) is 4.52 Å². The van der Waals surface area contributed by atoms with Crippen LogP contribution in [-0.4, -0.2) is 21.6 Å². The third-order valence-corrected chi connectivity index (χ3v) is 3.15. The van der Waals surface area contributed by atoms with E-state index in [-0.39, 0.29) is 23.2 Å². The van der Waals surface area contributed by atoms with Crippen molar-refractivity contribution in [2.75, 3.05) is 6.54 Å². The summed E-state index contributed by atoms with van der Waals surface area (Å²) in [6.45, 7) is 0.889. The Balaban J connectivity index is 1.94. The molecule has 0 amide bonds. The highest BCUT2D eigenvalue weighted by molar-refractivity contribution is 5.57. The van der Waals surface area contributed by atoms with Crippen LogP contribution in [0.1, 0.15) is 24.7 Å². The number of non-ortho nitro benzene ring substituents is 1. The van der Waals surface area contributed by atoms with Crippen LogP contribution in [0.15, 0.2) is 22.7 Å². The van der Waals surface area contributed by atoms with E-state index in [1.807, 2.05) is 0 Å². The van der Waals surface area contributed by atoms with Gasteiger partial charge in [0, 0.05) is 11.6 Å². The molecule has 2 heterocycles. The maximum Gasteiger partial charge on any atom is 0.273 e. The number of nitrogens with zero attached hydrogens (tertiary/aromatic N) is 3. The summed E-state index contributed by atoms with van der Waals surface area (Å²) in [4.78, 5) is 14.2. The Morgan fingerprint density at radius 1 is 1.45 bits per heavy atom. The summed E-state index contributed by atoms with van der Waals surface area (Å²) >= 11 is 0. The molecule has 0 saturated carbocycles. The van der Waals surface area contributed by atoms with Crippen molar-refractivity contribution in [2.45, 2.75) is 18.9 Å². The van der Waals surface area contributed by atoms with Gasteiger partial charge in [-0.05, 0) is 25.5 Å². The summed E-state index contributed by atoms with van der Waals surface area (Å²) in [6, 6.07) is 3.21. The zero-order chi connectivity index (χ0) is 14.1. The SMILES string of the molecule is O=[N+]([O-])c1cc(F)cc(-c2nc(C3CCCN3)no2)c1. The van der Waals surface area contributed by atoms with Crippen LogP contribution in [0, 0.1) is 15.9 Å². The number of nitro benzene ring substituents is 1. The molecular formula is C12H11FN4O3. The minimum Gasteiger partial charge on any atom is -0.334 e. The number of aromatic nitrogens is 2. The molecule has 7 nitrogen and oxygen atoms in total. The van der Waals surface area contributed by atoms with E-state index in [0.717, 1.165) is 31.5 Å². The van der Waals surface area contributed by atoms with Crippen molar-refractivity contribution in [1.82, 2.24) is 15.5 Å². The zero-order valence-corrected chi connectivity index (χ0v) is 10.4. The third kappa shape index (κ3) is 2.37. The van der Waals surface area contributed by atoms with Gasteiger partial charge in [0.2, 0.25) is 0 Å². The van der Waals surface area contributed by atoms with Gasteiger partial charge in [-0.3, -0.25) is 10.1 Å². The molecule has 20 heavy (non-hydrogen) atoms. The van der Waals surface area contributed by atoms with Gasteiger partial charge in [0.25, 0.3) is 11.6 Å². The first-order valence-electron chi connectivity index (χ1n) is 6.16. The van der Waals surface area contributed by atoms with Crippen LogP contribution in [0.3, 0.4) is 0 Å². The minimum absolute atomic E-state index is 0.0241. The fraction of sp³-hybridized carbons (Fsp3) is 0.333. The first-order valence-corrected chi connectivity index (χ1v) is 6.16. The van der Waals surface area contributed by atoms with Gasteiger partial charge in [0.1, 0.15) is 5.82 Å². The average Bonchev–Trinajstić information content (AvgIpc) is 3.09. The zero-order valence-electron chi connectivity index (χ0n) is 10.4. The molecule has 1 N–H and O–H groups in total. The van der Waals surface area contributed by atoms with Crippen LogP contribution in [0.4, 0.5) is 10.1 Å². The van der Waals surface area contributed by atoms with E-state index in [1.165, 1.54) is 6.07 Å². The van der Waals surface area contributed by atoms with E-state index in [2.05, 4.69) is 15.5 Å². The van der Waals surface area contributed by atoms with Crippen LogP contribution in [0.2, 0.25) is 0 Å². The summed E-state index contributed by atoms with van der Waals surface area (Å²) in [5.41, 5.74) is -0.146. The summed E-state index contributed by atoms with van der Waals surface area (Å²) in [5, 5.41) is 17.8. The van der Waals surface area contributed by atoms with Crippen LogP contribution in [-0.2, 0) is 0 Å². The fourth-order valence-corrected chi connectivity index (χ4v) is 2.20. The summed E-state index contributed by atoms with van der Waals surface area (Å²) in [5.74, 6) is -0.145. The van der Waals surface area contributed by atoms with Crippen molar-refractivity contribution in [3.05, 3.63) is 40.0 Å². The van der Waals surface area contributed by atoms with Gasteiger partial charge in [-0.25, -0.2) is 4.39 Å². The van der Waals surface area contributed by atoms with E-state index in [0.29, 0.717) is 5.82 Å². The van der Waals surface area contributed by atoms with Gasteiger partial charge in [-0.2, -0.15) is 4.98 Å². The van der Waals surface area contributed by atoms with Crippen molar-refractivity contribution in [3.63, 3.8) is 0 Å². The Kier molecular flexibility index (Phi) is 3.15. The number of nitro groups is 1. The number of rotatable bonds is 3. The Morgan fingerprint density at radius 3 is 3.00 bits per heavy atom. The number of hydrogen-bond donors (Lipinski definition) is 1. The van der Waals surface area contributed by atoms with E-state index >= 15 is 0 Å². The molecule has 1 aliphatic rings. The van der Waals surface area contributed by atoms with Gasteiger partial charge >= 0.3 is 0 Å². The highest BCUT2D eigenvalue weighted by Gasteiger charge is 2.23. The predicted molar refractivity (Wildman–Crippen MR) is 66.3 cm³/mol. The molecule has 0 aliphatic carbocycles. The lowest BCUT2D eigenvalue weighted by Crippen LogP contribution is -2.14. The van der Waals surface area contributed by atoms with Gasteiger partial charge in [-0.1, -0.05) is 5.16 Å². The molecule has 0 bridgehead atoms. The Hall–Kier alpha value is -2.35. The lowest BCUT2D eigenvalue weighted by molar-refractivity contribution is -0.385. The topological polar surface area (TPSA) is 94.1 Å². The normalized spacial score (nSPS) is 18.4. The summed E-state index contributed by atoms with van der Waals surface area (Å²) < 4.78 is 18.4. The summed E-state index contributed by atoms with van der Waals surface area (Å²) in [6.07, 6.45) is 1.93. The third-order valence-electron chi connectivity index (χ3n) is 3.15. The van der Waals surface area contributed by atoms with E-state index in [9.17, 15) is 14.5 Å². The van der Waals surface area contributed by atoms with Crippen LogP contribution < -0.4 is 5.32 Å². The highest BCUT2D eigenvalue weighted by Crippen LogP contribution is 2.27. The van der Waals surface area contributed by atoms with Gasteiger partial charge in [0.05, 0.1) is 17.0 Å². The molecule has 1 aromatic carbocycles. The second-order valence-corrected chi connectivity index (χ2v) is 4.56. The van der Waals surface area contributed by atoms with Gasteiger partial charge in [-0.15, -0.1) is 0 Å². The van der Waals surface area contributed by atoms with Crippen molar-refractivity contribution in [3.8, 4) is 11.5 Å². The number of halogens is 1. The smallest absolute Gasteiger partial charge is 0.273 e. The molecule has 3 rings (SSSR count). The number of nitrogens with one attached hydrogen (secondary N) is 1. The Bertz CT molecular complexity index is 652. The molecule has 1 saturated heterocycles. The maximum atomic E-state index is 13.4. The van der Waals surface area contributed by atoms with Crippen LogP contribution >= 0.6 is 0 Å². The van der Waals surface area contributed by atoms with Crippen molar-refractivity contribution < 1.29 is 13.8 Å². The van der Waals surface area contributed by atoms with Crippen molar-refractivity contribution in [1.29, 1.82) is 0 Å². The molecule has 1 atom stereocenters. The summed E-state index contributed by atoms with van der Waals surface area (Å²) in [7, 11) is 0. The molecule has 0 radical (unpaired) electrons. The lowest BCUT2D eigenvalue weighted by atomic mass is 10.2. The highest BCUT2D eigenvalue weighted by atomic mass is 19.1. The number of hydrogen-bond acceptors (Lipinski definition) is 6. The lowest BCUT2D eigenvalue weighted by Gasteiger charge is -2.01. The minimum atomic E-state index is -0.715. The predicted octanol–water partition coefficient (Wildman–Crippen LogP) is 2.21. The Labute approximate surface area is 112 Å². The van der Waals surface area contributed by atoms with Crippen molar-refractivity contribution >= 4 is 5.69 Å². The van der Waals surface area contributed by atoms with Crippen molar-refractivity contribution in [2.24, 2.45) is 0 Å². The fourth-order valence-electron chi connectivity index (χ4n) is 2.20. The van der Waals surface area contributed by atoms with Gasteiger partial charge in [0.15, 0.2) is 5.82 Å². The van der Waals surface area contributed by atoms with Crippen LogP contribution in [0.5, 0.6) is 0 Å². The second kappa shape index (κ2) is 4.97. The average molecular weight is 278 g/mol. The molecule has 1 aromatic heterocycles. The van der Waals surface area contributed by atoms with E-state index < -0.39 is 10.7 Å². The maximum absolute atomic E-state index is 13.4. The standard InChI is InChI=1S/C12H11FN4O3/c13-8-4-7(5-9(6-8)17(18)19)12-15-11(16-20-12)10-2-1-3-14-10/h4-6,10,14H,1-3H2. The van der Waals surface area contributed by atoms with Crippen LogP contribution in [0.25, 0.3) is 11.5 Å². The largest absolute Gasteiger partial charge is 0.334 e. The quantitative estimate of drug-likeness (QED) is 0.683. The molecular weight excluding hydrogens is 267 g/mol. The molecule has 104 valence electrons. The first-order chi connectivity index (χ1) is 9.63. The van der Waals surface area contributed by atoms with Gasteiger partial charge < -0.3 is 9.84 Å². The number of benzene rings is 1. The Morgan fingerprint density at radius 2 is 2.30 bits per heavy atom. The molecule has 1 fully saturated rings. The molecule has 1 unspecified atom stereocenters. The second-order valence-electron chi connectivity index (χ2n) is 4.56. The molecule has 2 aromatic rings. The first kappa shape index (κ1) is 12.7. The monoisotopic (exact) mass is 278 g/mol. The van der Waals surface area contributed by atoms with E-state index in [1.54, 1.807) is 0 Å².